The van der Waals surface area contributed by atoms with Gasteiger partial charge < -0.3 is 15.0 Å². The quantitative estimate of drug-likeness (QED) is 0.926. The maximum absolute atomic E-state index is 12.0. The van der Waals surface area contributed by atoms with Gasteiger partial charge in [-0.15, -0.1) is 0 Å². The van der Waals surface area contributed by atoms with E-state index in [2.05, 4.69) is 29.6 Å². The van der Waals surface area contributed by atoms with Crippen molar-refractivity contribution >= 4 is 6.09 Å². The second-order valence-electron chi connectivity index (χ2n) is 7.03. The van der Waals surface area contributed by atoms with E-state index in [9.17, 15) is 4.79 Å². The van der Waals surface area contributed by atoms with Crippen molar-refractivity contribution in [3.63, 3.8) is 0 Å². The van der Waals surface area contributed by atoms with Crippen LogP contribution < -0.4 is 5.32 Å². The van der Waals surface area contributed by atoms with E-state index in [0.717, 1.165) is 39.0 Å². The van der Waals surface area contributed by atoms with Crippen molar-refractivity contribution in [3.8, 4) is 0 Å². The number of hydrogen-bond donors (Lipinski definition) is 1. The molecule has 1 amide bonds. The number of hydrogen-bond acceptors (Lipinski definition) is 3. The summed E-state index contributed by atoms with van der Waals surface area (Å²) >= 11 is 0. The number of likely N-dealkylation sites (tertiary alicyclic amines) is 1. The third-order valence-corrected chi connectivity index (χ3v) is 3.87. The van der Waals surface area contributed by atoms with Crippen LogP contribution in [0.5, 0.6) is 0 Å². The number of piperidine rings is 1. The van der Waals surface area contributed by atoms with Gasteiger partial charge >= 0.3 is 6.09 Å². The summed E-state index contributed by atoms with van der Waals surface area (Å²) in [6.07, 6.45) is 1.91. The zero-order valence-corrected chi connectivity index (χ0v) is 14.0. The average Bonchev–Trinajstić information content (AvgIpc) is 2.47. The lowest BCUT2D eigenvalue weighted by Gasteiger charge is -2.33. The van der Waals surface area contributed by atoms with Gasteiger partial charge in [-0.2, -0.15) is 0 Å². The predicted octanol–water partition coefficient (Wildman–Crippen LogP) is 3.42. The van der Waals surface area contributed by atoms with Gasteiger partial charge in [0, 0.05) is 19.6 Å². The molecule has 4 nitrogen and oxygen atoms in total. The minimum Gasteiger partial charge on any atom is -0.444 e. The van der Waals surface area contributed by atoms with Crippen LogP contribution in [-0.2, 0) is 11.3 Å². The molecule has 0 unspecified atom stereocenters. The van der Waals surface area contributed by atoms with Crippen molar-refractivity contribution in [2.24, 2.45) is 5.92 Å². The Labute approximate surface area is 133 Å². The zero-order chi connectivity index (χ0) is 16.0. The van der Waals surface area contributed by atoms with Crippen LogP contribution in [0.4, 0.5) is 4.79 Å². The maximum atomic E-state index is 12.0. The Kier molecular flexibility index (Phi) is 5.83. The van der Waals surface area contributed by atoms with Crippen LogP contribution in [0.25, 0.3) is 0 Å². The van der Waals surface area contributed by atoms with Crippen LogP contribution in [0.15, 0.2) is 30.3 Å². The Morgan fingerprint density at radius 3 is 2.45 bits per heavy atom. The average molecular weight is 304 g/mol. The fourth-order valence-corrected chi connectivity index (χ4v) is 2.66. The molecular weight excluding hydrogens is 276 g/mol. The summed E-state index contributed by atoms with van der Waals surface area (Å²) in [6.45, 7) is 9.24. The lowest BCUT2D eigenvalue weighted by Crippen LogP contribution is -2.43. The minimum absolute atomic E-state index is 0.178. The van der Waals surface area contributed by atoms with Gasteiger partial charge in [0.1, 0.15) is 5.60 Å². The normalized spacial score (nSPS) is 16.6. The Hall–Kier alpha value is -1.55. The van der Waals surface area contributed by atoms with E-state index >= 15 is 0 Å². The number of rotatable bonds is 4. The highest BCUT2D eigenvalue weighted by Crippen LogP contribution is 2.19. The van der Waals surface area contributed by atoms with Crippen molar-refractivity contribution < 1.29 is 9.53 Å². The molecule has 0 aliphatic carbocycles. The number of ether oxygens (including phenoxy) is 1. The second kappa shape index (κ2) is 7.63. The molecule has 1 aromatic carbocycles. The maximum Gasteiger partial charge on any atom is 0.410 e. The molecule has 0 saturated carbocycles. The molecule has 2 rings (SSSR count). The number of amides is 1. The molecule has 0 spiro atoms. The monoisotopic (exact) mass is 304 g/mol. The van der Waals surface area contributed by atoms with Gasteiger partial charge in [0.2, 0.25) is 0 Å². The van der Waals surface area contributed by atoms with Crippen molar-refractivity contribution in [2.75, 3.05) is 19.6 Å². The van der Waals surface area contributed by atoms with E-state index in [-0.39, 0.29) is 6.09 Å². The van der Waals surface area contributed by atoms with Gasteiger partial charge in [0.15, 0.2) is 0 Å². The van der Waals surface area contributed by atoms with Crippen LogP contribution in [0.1, 0.15) is 39.2 Å². The molecule has 4 heteroatoms. The lowest BCUT2D eigenvalue weighted by molar-refractivity contribution is 0.0184. The Bertz CT molecular complexity index is 460. The number of nitrogens with one attached hydrogen (secondary N) is 1. The molecule has 1 aliphatic heterocycles. The third kappa shape index (κ3) is 5.68. The highest BCUT2D eigenvalue weighted by atomic mass is 16.6. The molecule has 1 fully saturated rings. The van der Waals surface area contributed by atoms with Crippen LogP contribution in [0.3, 0.4) is 0 Å². The molecule has 1 aliphatic rings. The number of carbonyl (C=O) groups excluding carboxylic acids is 1. The summed E-state index contributed by atoms with van der Waals surface area (Å²) in [5, 5.41) is 3.52. The standard InChI is InChI=1S/C18H28N2O2/c1-18(2,3)22-17(21)20-11-9-16(10-12-20)14-19-13-15-7-5-4-6-8-15/h4-8,16,19H,9-14H2,1-3H3. The van der Waals surface area contributed by atoms with E-state index in [1.165, 1.54) is 5.56 Å². The molecule has 0 radical (unpaired) electrons. The van der Waals surface area contributed by atoms with Crippen molar-refractivity contribution in [3.05, 3.63) is 35.9 Å². The first kappa shape index (κ1) is 16.8. The Morgan fingerprint density at radius 1 is 1.23 bits per heavy atom. The molecule has 0 aromatic heterocycles. The molecule has 1 N–H and O–H groups in total. The van der Waals surface area contributed by atoms with Crippen molar-refractivity contribution in [2.45, 2.75) is 45.8 Å². The van der Waals surface area contributed by atoms with Crippen LogP contribution in [-0.4, -0.2) is 36.2 Å². The number of nitrogens with zero attached hydrogens (tertiary/aromatic N) is 1. The molecule has 22 heavy (non-hydrogen) atoms. The first-order valence-corrected chi connectivity index (χ1v) is 8.16. The SMILES string of the molecule is CC(C)(C)OC(=O)N1CCC(CNCc2ccccc2)CC1. The largest absolute Gasteiger partial charge is 0.444 e. The van der Waals surface area contributed by atoms with Crippen LogP contribution in [0, 0.1) is 5.92 Å². The summed E-state index contributed by atoms with van der Waals surface area (Å²) in [5.74, 6) is 0.641. The van der Waals surface area contributed by atoms with Crippen molar-refractivity contribution in [1.29, 1.82) is 0 Å². The van der Waals surface area contributed by atoms with E-state index < -0.39 is 5.60 Å². The Balaban J connectivity index is 1.66. The molecule has 0 bridgehead atoms. The first-order valence-electron chi connectivity index (χ1n) is 8.16. The highest BCUT2D eigenvalue weighted by Gasteiger charge is 2.26. The molecule has 1 saturated heterocycles. The lowest BCUT2D eigenvalue weighted by atomic mass is 9.97. The molecule has 122 valence electrons. The smallest absolute Gasteiger partial charge is 0.410 e. The summed E-state index contributed by atoms with van der Waals surface area (Å²) in [5.41, 5.74) is 0.902. The molecule has 1 aromatic rings. The summed E-state index contributed by atoms with van der Waals surface area (Å²) in [6, 6.07) is 10.4. The minimum atomic E-state index is -0.412. The van der Waals surface area contributed by atoms with E-state index in [1.807, 2.05) is 31.7 Å². The summed E-state index contributed by atoms with van der Waals surface area (Å²) in [4.78, 5) is 13.8. The fourth-order valence-electron chi connectivity index (χ4n) is 2.66. The van der Waals surface area contributed by atoms with E-state index in [0.29, 0.717) is 5.92 Å². The third-order valence-electron chi connectivity index (χ3n) is 3.87. The highest BCUT2D eigenvalue weighted by molar-refractivity contribution is 5.68. The van der Waals surface area contributed by atoms with Gasteiger partial charge in [-0.05, 0) is 51.6 Å². The van der Waals surface area contributed by atoms with Crippen molar-refractivity contribution in [1.82, 2.24) is 10.2 Å². The Morgan fingerprint density at radius 2 is 1.86 bits per heavy atom. The fraction of sp³-hybridized carbons (Fsp3) is 0.611. The molecule has 1 heterocycles. The van der Waals surface area contributed by atoms with Gasteiger partial charge in [0.05, 0.1) is 0 Å². The van der Waals surface area contributed by atoms with Crippen LogP contribution in [0.2, 0.25) is 0 Å². The van der Waals surface area contributed by atoms with Gasteiger partial charge in [-0.1, -0.05) is 30.3 Å². The van der Waals surface area contributed by atoms with E-state index in [4.69, 9.17) is 4.74 Å². The predicted molar refractivity (Wildman–Crippen MR) is 88.7 cm³/mol. The van der Waals surface area contributed by atoms with Crippen LogP contribution >= 0.6 is 0 Å². The van der Waals surface area contributed by atoms with Gasteiger partial charge in [-0.3, -0.25) is 0 Å². The summed E-state index contributed by atoms with van der Waals surface area (Å²) in [7, 11) is 0. The molecular formula is C18H28N2O2. The second-order valence-corrected chi connectivity index (χ2v) is 7.03. The topological polar surface area (TPSA) is 41.6 Å². The number of benzene rings is 1. The summed E-state index contributed by atoms with van der Waals surface area (Å²) < 4.78 is 5.42. The first-order chi connectivity index (χ1) is 10.4. The zero-order valence-electron chi connectivity index (χ0n) is 14.0. The number of carbonyl (C=O) groups is 1. The van der Waals surface area contributed by atoms with E-state index in [1.54, 1.807) is 0 Å². The molecule has 0 atom stereocenters. The van der Waals surface area contributed by atoms with Gasteiger partial charge in [0.25, 0.3) is 0 Å². The van der Waals surface area contributed by atoms with Gasteiger partial charge in [-0.25, -0.2) is 4.79 Å².